The average Bonchev–Trinajstić information content (AvgIpc) is 3.15. The summed E-state index contributed by atoms with van der Waals surface area (Å²) in [6.07, 6.45) is 13.7. The maximum absolute atomic E-state index is 13.2. The zero-order chi connectivity index (χ0) is 21.6. The molecule has 31 heavy (non-hydrogen) atoms. The Labute approximate surface area is 186 Å². The molecule has 1 heterocycles. The SMILES string of the molecule is COc1ccccc1-c1nc(C(=O)NC2CCCCC2)c(C)n1CCC1CCCCC1. The number of methoxy groups -OCH3 is 1. The molecule has 1 aromatic heterocycles. The lowest BCUT2D eigenvalue weighted by Crippen LogP contribution is -2.36. The second kappa shape index (κ2) is 10.3. The number of nitrogens with zero attached hydrogens (tertiary/aromatic N) is 2. The Morgan fingerprint density at radius 3 is 2.45 bits per heavy atom. The van der Waals surface area contributed by atoms with Crippen LogP contribution in [0.4, 0.5) is 0 Å². The van der Waals surface area contributed by atoms with Crippen molar-refractivity contribution >= 4 is 5.91 Å². The molecule has 0 aliphatic heterocycles. The summed E-state index contributed by atoms with van der Waals surface area (Å²) < 4.78 is 7.88. The van der Waals surface area contributed by atoms with Crippen LogP contribution in [0.25, 0.3) is 11.4 Å². The fraction of sp³-hybridized carbons (Fsp3) is 0.615. The van der Waals surface area contributed by atoms with Gasteiger partial charge in [-0.05, 0) is 44.2 Å². The number of rotatable bonds is 7. The Balaban J connectivity index is 1.62. The van der Waals surface area contributed by atoms with Gasteiger partial charge in [-0.15, -0.1) is 0 Å². The van der Waals surface area contributed by atoms with Gasteiger partial charge >= 0.3 is 0 Å². The number of para-hydroxylation sites is 1. The van der Waals surface area contributed by atoms with Crippen LogP contribution in [0.15, 0.2) is 24.3 Å². The molecule has 0 spiro atoms. The topological polar surface area (TPSA) is 56.1 Å². The van der Waals surface area contributed by atoms with E-state index in [2.05, 4.69) is 9.88 Å². The van der Waals surface area contributed by atoms with E-state index < -0.39 is 0 Å². The molecule has 5 nitrogen and oxygen atoms in total. The van der Waals surface area contributed by atoms with Crippen LogP contribution in [-0.4, -0.2) is 28.6 Å². The van der Waals surface area contributed by atoms with E-state index in [9.17, 15) is 4.79 Å². The Morgan fingerprint density at radius 1 is 1.06 bits per heavy atom. The Bertz CT molecular complexity index is 877. The van der Waals surface area contributed by atoms with Crippen LogP contribution < -0.4 is 10.1 Å². The third-order valence-corrected chi connectivity index (χ3v) is 7.21. The van der Waals surface area contributed by atoms with Crippen LogP contribution in [-0.2, 0) is 6.54 Å². The minimum absolute atomic E-state index is 0.0306. The molecule has 4 rings (SSSR count). The van der Waals surface area contributed by atoms with Gasteiger partial charge in [0.05, 0.1) is 12.7 Å². The molecule has 2 fully saturated rings. The van der Waals surface area contributed by atoms with Gasteiger partial charge in [0.1, 0.15) is 17.3 Å². The highest BCUT2D eigenvalue weighted by molar-refractivity contribution is 5.94. The molecule has 2 aliphatic carbocycles. The van der Waals surface area contributed by atoms with Gasteiger partial charge in [0.25, 0.3) is 5.91 Å². The van der Waals surface area contributed by atoms with E-state index in [1.807, 2.05) is 31.2 Å². The van der Waals surface area contributed by atoms with E-state index >= 15 is 0 Å². The van der Waals surface area contributed by atoms with E-state index in [1.165, 1.54) is 51.4 Å². The van der Waals surface area contributed by atoms with E-state index in [1.54, 1.807) is 7.11 Å². The van der Waals surface area contributed by atoms with Gasteiger partial charge in [-0.25, -0.2) is 4.98 Å². The summed E-state index contributed by atoms with van der Waals surface area (Å²) in [5.74, 6) is 2.39. The number of hydrogen-bond acceptors (Lipinski definition) is 3. The zero-order valence-corrected chi connectivity index (χ0v) is 19.2. The summed E-state index contributed by atoms with van der Waals surface area (Å²) in [7, 11) is 1.69. The molecule has 1 N–H and O–H groups in total. The summed E-state index contributed by atoms with van der Waals surface area (Å²) in [6, 6.07) is 8.27. The van der Waals surface area contributed by atoms with E-state index in [4.69, 9.17) is 9.72 Å². The van der Waals surface area contributed by atoms with Crippen LogP contribution in [0, 0.1) is 12.8 Å². The fourth-order valence-corrected chi connectivity index (χ4v) is 5.35. The standard InChI is InChI=1S/C26H37N3O2/c1-19-24(26(30)27-21-13-7-4-8-14-21)28-25(22-15-9-10-16-23(22)31-2)29(19)18-17-20-11-5-3-6-12-20/h9-10,15-16,20-21H,3-8,11-14,17-18H2,1-2H3,(H,27,30). The minimum Gasteiger partial charge on any atom is -0.496 e. The zero-order valence-electron chi connectivity index (χ0n) is 19.2. The van der Waals surface area contributed by atoms with Gasteiger partial charge in [-0.1, -0.05) is 63.5 Å². The molecule has 2 aromatic rings. The number of amides is 1. The van der Waals surface area contributed by atoms with E-state index in [-0.39, 0.29) is 11.9 Å². The first-order chi connectivity index (χ1) is 15.2. The van der Waals surface area contributed by atoms with Crippen molar-refractivity contribution in [2.45, 2.75) is 90.1 Å². The van der Waals surface area contributed by atoms with Gasteiger partial charge < -0.3 is 14.6 Å². The van der Waals surface area contributed by atoms with Crippen molar-refractivity contribution in [3.05, 3.63) is 35.7 Å². The maximum atomic E-state index is 13.2. The third-order valence-electron chi connectivity index (χ3n) is 7.21. The lowest BCUT2D eigenvalue weighted by atomic mass is 9.87. The lowest BCUT2D eigenvalue weighted by molar-refractivity contribution is 0.0922. The Morgan fingerprint density at radius 2 is 1.74 bits per heavy atom. The van der Waals surface area contributed by atoms with Crippen molar-refractivity contribution in [1.29, 1.82) is 0 Å². The highest BCUT2D eigenvalue weighted by atomic mass is 16.5. The first-order valence-corrected chi connectivity index (χ1v) is 12.2. The molecule has 0 unspecified atom stereocenters. The molecule has 5 heteroatoms. The molecule has 1 aromatic carbocycles. The van der Waals surface area contributed by atoms with Crippen molar-refractivity contribution in [2.24, 2.45) is 5.92 Å². The van der Waals surface area contributed by atoms with Crippen molar-refractivity contribution < 1.29 is 9.53 Å². The number of carbonyl (C=O) groups excluding carboxylic acids is 1. The Kier molecular flexibility index (Phi) is 7.31. The monoisotopic (exact) mass is 423 g/mol. The van der Waals surface area contributed by atoms with Crippen LogP contribution in [0.5, 0.6) is 5.75 Å². The predicted octanol–water partition coefficient (Wildman–Crippen LogP) is 5.90. The minimum atomic E-state index is -0.0306. The summed E-state index contributed by atoms with van der Waals surface area (Å²) in [5, 5.41) is 3.26. The van der Waals surface area contributed by atoms with Crippen molar-refractivity contribution in [3.63, 3.8) is 0 Å². The summed E-state index contributed by atoms with van der Waals surface area (Å²) in [4.78, 5) is 18.1. The summed E-state index contributed by atoms with van der Waals surface area (Å²) in [6.45, 7) is 2.94. The molecule has 0 radical (unpaired) electrons. The summed E-state index contributed by atoms with van der Waals surface area (Å²) >= 11 is 0. The summed E-state index contributed by atoms with van der Waals surface area (Å²) in [5.41, 5.74) is 2.48. The smallest absolute Gasteiger partial charge is 0.271 e. The molecule has 0 bridgehead atoms. The predicted molar refractivity (Wildman–Crippen MR) is 124 cm³/mol. The molecule has 1 amide bonds. The van der Waals surface area contributed by atoms with Crippen LogP contribution in [0.2, 0.25) is 0 Å². The highest BCUT2D eigenvalue weighted by Crippen LogP contribution is 2.33. The van der Waals surface area contributed by atoms with Crippen LogP contribution in [0.1, 0.15) is 86.8 Å². The number of nitrogens with one attached hydrogen (secondary N) is 1. The third kappa shape index (κ3) is 5.13. The molecule has 2 aliphatic rings. The van der Waals surface area contributed by atoms with Crippen LogP contribution >= 0.6 is 0 Å². The van der Waals surface area contributed by atoms with E-state index in [0.717, 1.165) is 54.6 Å². The van der Waals surface area contributed by atoms with E-state index in [0.29, 0.717) is 5.69 Å². The van der Waals surface area contributed by atoms with Crippen molar-refractivity contribution in [3.8, 4) is 17.1 Å². The normalized spacial score (nSPS) is 18.1. The van der Waals surface area contributed by atoms with Crippen LogP contribution in [0.3, 0.4) is 0 Å². The van der Waals surface area contributed by atoms with Gasteiger partial charge in [-0.3, -0.25) is 4.79 Å². The average molecular weight is 424 g/mol. The number of ether oxygens (including phenoxy) is 1. The van der Waals surface area contributed by atoms with Gasteiger partial charge in [-0.2, -0.15) is 0 Å². The lowest BCUT2D eigenvalue weighted by Gasteiger charge is -2.23. The van der Waals surface area contributed by atoms with Crippen molar-refractivity contribution in [1.82, 2.24) is 14.9 Å². The molecule has 0 atom stereocenters. The second-order valence-corrected chi connectivity index (χ2v) is 9.32. The Hall–Kier alpha value is -2.30. The number of imidazole rings is 1. The molecular weight excluding hydrogens is 386 g/mol. The van der Waals surface area contributed by atoms with Gasteiger partial charge in [0.15, 0.2) is 0 Å². The fourth-order valence-electron chi connectivity index (χ4n) is 5.35. The van der Waals surface area contributed by atoms with Gasteiger partial charge in [0.2, 0.25) is 0 Å². The first kappa shape index (κ1) is 21.9. The second-order valence-electron chi connectivity index (χ2n) is 9.32. The first-order valence-electron chi connectivity index (χ1n) is 12.2. The largest absolute Gasteiger partial charge is 0.496 e. The molecule has 0 saturated heterocycles. The van der Waals surface area contributed by atoms with Gasteiger partial charge in [0, 0.05) is 18.3 Å². The number of carbonyl (C=O) groups is 1. The quantitative estimate of drug-likeness (QED) is 0.603. The maximum Gasteiger partial charge on any atom is 0.271 e. The molecule has 2 saturated carbocycles. The highest BCUT2D eigenvalue weighted by Gasteiger charge is 2.25. The number of aromatic nitrogens is 2. The molecular formula is C26H37N3O2. The molecule has 168 valence electrons. The number of hydrogen-bond donors (Lipinski definition) is 1. The number of benzene rings is 1. The van der Waals surface area contributed by atoms with Crippen molar-refractivity contribution in [2.75, 3.05) is 7.11 Å².